The highest BCUT2D eigenvalue weighted by atomic mass is 35.5. The van der Waals surface area contributed by atoms with E-state index in [1.165, 1.54) is 11.3 Å². The van der Waals surface area contributed by atoms with E-state index >= 15 is 0 Å². The number of hydrogen-bond donors (Lipinski definition) is 2. The molecule has 0 amide bonds. The summed E-state index contributed by atoms with van der Waals surface area (Å²) in [6, 6.07) is 3.60. The largest absolute Gasteiger partial charge is 0.484 e. The molecule has 0 aliphatic carbocycles. The van der Waals surface area contributed by atoms with Crippen LogP contribution in [0.4, 0.5) is 5.82 Å². The van der Waals surface area contributed by atoms with Gasteiger partial charge in [-0.25, -0.2) is 15.8 Å². The van der Waals surface area contributed by atoms with Gasteiger partial charge in [-0.05, 0) is 11.4 Å². The maximum atomic E-state index is 5.84. The van der Waals surface area contributed by atoms with E-state index in [4.69, 9.17) is 22.2 Å². The average Bonchev–Trinajstić information content (AvgIpc) is 2.92. The van der Waals surface area contributed by atoms with E-state index in [2.05, 4.69) is 20.4 Å². The molecule has 0 aliphatic rings. The summed E-state index contributed by atoms with van der Waals surface area (Å²) >= 11 is 7.36. The number of pyridine rings is 1. The summed E-state index contributed by atoms with van der Waals surface area (Å²) in [4.78, 5) is 13.5. The lowest BCUT2D eigenvalue weighted by Crippen LogP contribution is -2.11. The molecule has 0 spiro atoms. The Hall–Kier alpha value is -1.96. The van der Waals surface area contributed by atoms with E-state index in [1.54, 1.807) is 18.5 Å². The Morgan fingerprint density at radius 3 is 3.05 bits per heavy atom. The zero-order valence-electron chi connectivity index (χ0n) is 10.2. The standard InChI is InChI=1S/C12H10ClN5OS/c13-7-3-8(5-15-4-7)19-6-10-16-11(18-14)9-1-2-20-12(9)17-10/h1-5H,6,14H2,(H,16,17,18). The maximum Gasteiger partial charge on any atom is 0.169 e. The van der Waals surface area contributed by atoms with Gasteiger partial charge < -0.3 is 10.2 Å². The number of hydrogen-bond acceptors (Lipinski definition) is 7. The molecule has 20 heavy (non-hydrogen) atoms. The van der Waals surface area contributed by atoms with Crippen LogP contribution in [0.2, 0.25) is 5.02 Å². The summed E-state index contributed by atoms with van der Waals surface area (Å²) < 4.78 is 5.56. The highest BCUT2D eigenvalue weighted by Crippen LogP contribution is 2.25. The summed E-state index contributed by atoms with van der Waals surface area (Å²) in [5.74, 6) is 7.15. The highest BCUT2D eigenvalue weighted by molar-refractivity contribution is 7.16. The van der Waals surface area contributed by atoms with E-state index in [1.807, 2.05) is 11.4 Å². The number of thiophene rings is 1. The number of nitrogens with two attached hydrogens (primary N) is 1. The zero-order valence-corrected chi connectivity index (χ0v) is 11.8. The predicted molar refractivity (Wildman–Crippen MR) is 78.8 cm³/mol. The second-order valence-corrected chi connectivity index (χ2v) is 5.23. The maximum absolute atomic E-state index is 5.84. The minimum Gasteiger partial charge on any atom is -0.484 e. The first-order valence-corrected chi connectivity index (χ1v) is 6.96. The van der Waals surface area contributed by atoms with Gasteiger partial charge in [0.15, 0.2) is 11.6 Å². The van der Waals surface area contributed by atoms with Crippen molar-refractivity contribution in [1.29, 1.82) is 0 Å². The van der Waals surface area contributed by atoms with Crippen molar-refractivity contribution in [3.05, 3.63) is 40.8 Å². The van der Waals surface area contributed by atoms with E-state index < -0.39 is 0 Å². The van der Waals surface area contributed by atoms with Crippen LogP contribution in [0.1, 0.15) is 5.82 Å². The van der Waals surface area contributed by atoms with Gasteiger partial charge in [-0.1, -0.05) is 11.6 Å². The van der Waals surface area contributed by atoms with Crippen LogP contribution in [0.15, 0.2) is 29.9 Å². The second kappa shape index (κ2) is 5.58. The van der Waals surface area contributed by atoms with Crippen molar-refractivity contribution in [1.82, 2.24) is 15.0 Å². The fourth-order valence-electron chi connectivity index (χ4n) is 1.69. The molecule has 0 saturated carbocycles. The van der Waals surface area contributed by atoms with Gasteiger partial charge in [0.05, 0.1) is 16.6 Å². The van der Waals surface area contributed by atoms with Crippen LogP contribution in [0, 0.1) is 0 Å². The van der Waals surface area contributed by atoms with Crippen molar-refractivity contribution in [2.45, 2.75) is 6.61 Å². The molecule has 0 saturated heterocycles. The van der Waals surface area contributed by atoms with Gasteiger partial charge in [-0.2, -0.15) is 0 Å². The molecule has 8 heteroatoms. The third-order valence-electron chi connectivity index (χ3n) is 2.56. The van der Waals surface area contributed by atoms with Gasteiger partial charge in [0.2, 0.25) is 0 Å². The molecule has 0 bridgehead atoms. The Labute approximate surface area is 123 Å². The van der Waals surface area contributed by atoms with Crippen LogP contribution in [0.25, 0.3) is 10.2 Å². The van der Waals surface area contributed by atoms with E-state index in [-0.39, 0.29) is 6.61 Å². The van der Waals surface area contributed by atoms with Gasteiger partial charge in [-0.15, -0.1) is 11.3 Å². The number of fused-ring (bicyclic) bond motifs is 1. The molecule has 0 aliphatic heterocycles. The third kappa shape index (κ3) is 2.64. The third-order valence-corrected chi connectivity index (χ3v) is 3.57. The quantitative estimate of drug-likeness (QED) is 0.569. The van der Waals surface area contributed by atoms with Gasteiger partial charge in [-0.3, -0.25) is 4.98 Å². The molecule has 6 nitrogen and oxygen atoms in total. The van der Waals surface area contributed by atoms with E-state index in [0.717, 1.165) is 10.2 Å². The molecule has 0 unspecified atom stereocenters. The number of nitrogen functional groups attached to an aromatic ring is 1. The lowest BCUT2D eigenvalue weighted by Gasteiger charge is -2.07. The molecule has 0 aromatic carbocycles. The number of aromatic nitrogens is 3. The fourth-order valence-corrected chi connectivity index (χ4v) is 2.64. The van der Waals surface area contributed by atoms with Gasteiger partial charge >= 0.3 is 0 Å². The molecule has 3 aromatic heterocycles. The summed E-state index contributed by atoms with van der Waals surface area (Å²) in [6.45, 7) is 0.213. The Kier molecular flexibility index (Phi) is 3.64. The number of nitrogens with one attached hydrogen (secondary N) is 1. The van der Waals surface area contributed by atoms with Crippen LogP contribution in [0.3, 0.4) is 0 Å². The first-order chi connectivity index (χ1) is 9.76. The molecule has 0 radical (unpaired) electrons. The molecular weight excluding hydrogens is 298 g/mol. The molecule has 0 fully saturated rings. The molecule has 3 heterocycles. The summed E-state index contributed by atoms with van der Waals surface area (Å²) in [5.41, 5.74) is 2.57. The SMILES string of the molecule is NNc1nc(COc2cncc(Cl)c2)nc2sccc12. The molecule has 0 atom stereocenters. The molecule has 3 rings (SSSR count). The normalized spacial score (nSPS) is 10.7. The second-order valence-electron chi connectivity index (χ2n) is 3.90. The highest BCUT2D eigenvalue weighted by Gasteiger charge is 2.08. The van der Waals surface area contributed by atoms with Crippen molar-refractivity contribution in [2.24, 2.45) is 5.84 Å². The minimum absolute atomic E-state index is 0.213. The Morgan fingerprint density at radius 1 is 1.35 bits per heavy atom. The Balaban J connectivity index is 1.83. The molecular formula is C12H10ClN5OS. The number of ether oxygens (including phenoxy) is 1. The minimum atomic E-state index is 0.213. The molecule has 3 aromatic rings. The van der Waals surface area contributed by atoms with Crippen molar-refractivity contribution in [2.75, 3.05) is 5.43 Å². The van der Waals surface area contributed by atoms with Crippen molar-refractivity contribution in [3.63, 3.8) is 0 Å². The summed E-state index contributed by atoms with van der Waals surface area (Å²) in [5, 5.41) is 3.35. The first-order valence-electron chi connectivity index (χ1n) is 5.70. The van der Waals surface area contributed by atoms with Crippen LogP contribution in [-0.2, 0) is 6.61 Å². The first kappa shape index (κ1) is 13.0. The monoisotopic (exact) mass is 307 g/mol. The number of halogens is 1. The summed E-state index contributed by atoms with van der Waals surface area (Å²) in [7, 11) is 0. The topological polar surface area (TPSA) is 86.0 Å². The van der Waals surface area contributed by atoms with Crippen LogP contribution >= 0.6 is 22.9 Å². The Morgan fingerprint density at radius 2 is 2.25 bits per heavy atom. The molecule has 3 N–H and O–H groups in total. The Bertz CT molecular complexity index is 748. The van der Waals surface area contributed by atoms with E-state index in [9.17, 15) is 0 Å². The zero-order chi connectivity index (χ0) is 13.9. The smallest absolute Gasteiger partial charge is 0.169 e. The number of nitrogens with zero attached hydrogens (tertiary/aromatic N) is 3. The number of rotatable bonds is 4. The van der Waals surface area contributed by atoms with Gasteiger partial charge in [0, 0.05) is 12.3 Å². The fraction of sp³-hybridized carbons (Fsp3) is 0.0833. The number of anilines is 1. The van der Waals surface area contributed by atoms with Gasteiger partial charge in [0.25, 0.3) is 0 Å². The lowest BCUT2D eigenvalue weighted by atomic mass is 10.4. The molecule has 102 valence electrons. The van der Waals surface area contributed by atoms with Crippen LogP contribution in [0.5, 0.6) is 5.75 Å². The van der Waals surface area contributed by atoms with Crippen LogP contribution < -0.4 is 16.0 Å². The van der Waals surface area contributed by atoms with Crippen molar-refractivity contribution < 1.29 is 4.74 Å². The van der Waals surface area contributed by atoms with Crippen LogP contribution in [-0.4, -0.2) is 15.0 Å². The predicted octanol–water partition coefficient (Wildman–Crippen LogP) is 2.60. The van der Waals surface area contributed by atoms with E-state index in [0.29, 0.717) is 22.4 Å². The van der Waals surface area contributed by atoms with Crippen molar-refractivity contribution >= 4 is 39.0 Å². The number of hydrazine groups is 1. The van der Waals surface area contributed by atoms with Gasteiger partial charge in [0.1, 0.15) is 17.2 Å². The average molecular weight is 308 g/mol. The van der Waals surface area contributed by atoms with Crippen molar-refractivity contribution in [3.8, 4) is 5.75 Å². The lowest BCUT2D eigenvalue weighted by molar-refractivity contribution is 0.295. The summed E-state index contributed by atoms with van der Waals surface area (Å²) in [6.07, 6.45) is 3.12.